The molecule has 4 nitrogen and oxygen atoms in total. The van der Waals surface area contributed by atoms with Crippen molar-refractivity contribution in [2.45, 2.75) is 19.0 Å². The molecule has 0 aromatic carbocycles. The topological polar surface area (TPSA) is 57.6 Å². The van der Waals surface area contributed by atoms with Crippen LogP contribution in [0, 0.1) is 5.92 Å². The fraction of sp³-hybridized carbons (Fsp3) is 0.778. The molecule has 1 unspecified atom stereocenters. The van der Waals surface area contributed by atoms with E-state index in [0.29, 0.717) is 0 Å². The Kier molecular flexibility index (Phi) is 3.90. The van der Waals surface area contributed by atoms with Crippen LogP contribution in [0.5, 0.6) is 0 Å². The van der Waals surface area contributed by atoms with E-state index in [4.69, 9.17) is 5.11 Å². The van der Waals surface area contributed by atoms with E-state index in [-0.39, 0.29) is 31.7 Å². The first-order chi connectivity index (χ1) is 7.30. The number of rotatable bonds is 3. The van der Waals surface area contributed by atoms with E-state index in [1.54, 1.807) is 0 Å². The second-order valence-corrected chi connectivity index (χ2v) is 3.77. The Balaban J connectivity index is 2.56. The third kappa shape index (κ3) is 3.48. The minimum absolute atomic E-state index is 0.00938. The number of carboxylic acid groups (broad SMARTS) is 1. The molecule has 16 heavy (non-hydrogen) atoms. The predicted octanol–water partition coefficient (Wildman–Crippen LogP) is 0.914. The second-order valence-electron chi connectivity index (χ2n) is 3.77. The number of alkyl halides is 3. The maximum Gasteiger partial charge on any atom is 0.403 e. The zero-order valence-electron chi connectivity index (χ0n) is 8.46. The minimum atomic E-state index is -4.74. The van der Waals surface area contributed by atoms with Crippen LogP contribution in [0.3, 0.4) is 0 Å². The Labute approximate surface area is 90.0 Å². The molecule has 7 heteroatoms. The molecule has 1 atom stereocenters. The van der Waals surface area contributed by atoms with Gasteiger partial charge in [-0.1, -0.05) is 0 Å². The number of likely N-dealkylation sites (tertiary alicyclic amines) is 1. The standard InChI is InChI=1S/C9H12F3NO3/c10-9(11,12)7(8(15)16)5-13-3-1-6(14)2-4-13/h7H,1-5H2,(H,15,16). The van der Waals surface area contributed by atoms with Gasteiger partial charge in [-0.2, -0.15) is 13.2 Å². The quantitative estimate of drug-likeness (QED) is 0.795. The highest BCUT2D eigenvalue weighted by molar-refractivity contribution is 5.79. The summed E-state index contributed by atoms with van der Waals surface area (Å²) in [6.45, 7) is -0.163. The van der Waals surface area contributed by atoms with Gasteiger partial charge in [0.25, 0.3) is 0 Å². The Bertz CT molecular complexity index is 280. The van der Waals surface area contributed by atoms with E-state index in [1.807, 2.05) is 0 Å². The molecule has 1 aliphatic heterocycles. The summed E-state index contributed by atoms with van der Waals surface area (Å²) in [4.78, 5) is 22.7. The first kappa shape index (κ1) is 13.0. The summed E-state index contributed by atoms with van der Waals surface area (Å²) in [6, 6.07) is 0. The van der Waals surface area contributed by atoms with E-state index < -0.39 is 24.6 Å². The third-order valence-electron chi connectivity index (χ3n) is 2.55. The van der Waals surface area contributed by atoms with Gasteiger partial charge in [-0.3, -0.25) is 9.59 Å². The number of aliphatic carboxylic acids is 1. The van der Waals surface area contributed by atoms with Gasteiger partial charge in [-0.25, -0.2) is 0 Å². The largest absolute Gasteiger partial charge is 0.481 e. The van der Waals surface area contributed by atoms with Crippen LogP contribution in [0.4, 0.5) is 13.2 Å². The number of ketones is 1. The Hall–Kier alpha value is -1.11. The Morgan fingerprint density at radius 1 is 1.38 bits per heavy atom. The van der Waals surface area contributed by atoms with Crippen LogP contribution >= 0.6 is 0 Å². The van der Waals surface area contributed by atoms with Gasteiger partial charge >= 0.3 is 12.1 Å². The number of carbonyl (C=O) groups is 2. The van der Waals surface area contributed by atoms with E-state index in [0.717, 1.165) is 0 Å². The average molecular weight is 239 g/mol. The molecule has 0 aromatic rings. The lowest BCUT2D eigenvalue weighted by Crippen LogP contribution is -2.44. The van der Waals surface area contributed by atoms with Crippen molar-refractivity contribution >= 4 is 11.8 Å². The lowest BCUT2D eigenvalue weighted by atomic mass is 10.1. The number of Topliss-reactive ketones (excluding diaryl/α,β-unsaturated/α-hetero) is 1. The number of piperidine rings is 1. The molecule has 0 spiro atoms. The zero-order valence-corrected chi connectivity index (χ0v) is 8.46. The van der Waals surface area contributed by atoms with Crippen LogP contribution in [-0.4, -0.2) is 47.6 Å². The van der Waals surface area contributed by atoms with Crippen LogP contribution in [-0.2, 0) is 9.59 Å². The van der Waals surface area contributed by atoms with E-state index in [1.165, 1.54) is 4.90 Å². The minimum Gasteiger partial charge on any atom is -0.481 e. The molecule has 0 bridgehead atoms. The molecule has 0 saturated carbocycles. The molecular weight excluding hydrogens is 227 g/mol. The van der Waals surface area contributed by atoms with Crippen LogP contribution < -0.4 is 0 Å². The van der Waals surface area contributed by atoms with Gasteiger partial charge in [0.2, 0.25) is 0 Å². The van der Waals surface area contributed by atoms with Crippen molar-refractivity contribution in [3.8, 4) is 0 Å². The molecule has 1 saturated heterocycles. The fourth-order valence-electron chi connectivity index (χ4n) is 1.56. The maximum absolute atomic E-state index is 12.3. The number of hydrogen-bond acceptors (Lipinski definition) is 3. The highest BCUT2D eigenvalue weighted by Gasteiger charge is 2.46. The SMILES string of the molecule is O=C1CCN(CC(C(=O)O)C(F)(F)F)CC1. The van der Waals surface area contributed by atoms with Crippen LogP contribution in [0.1, 0.15) is 12.8 Å². The van der Waals surface area contributed by atoms with Crippen molar-refractivity contribution in [2.75, 3.05) is 19.6 Å². The summed E-state index contributed by atoms with van der Waals surface area (Å²) in [5.41, 5.74) is 0. The summed E-state index contributed by atoms with van der Waals surface area (Å²) >= 11 is 0. The number of carboxylic acids is 1. The maximum atomic E-state index is 12.3. The Morgan fingerprint density at radius 2 is 1.88 bits per heavy atom. The average Bonchev–Trinajstić information content (AvgIpc) is 2.14. The number of halogens is 3. The molecule has 1 heterocycles. The normalized spacial score (nSPS) is 20.8. The number of nitrogens with zero attached hydrogens (tertiary/aromatic N) is 1. The summed E-state index contributed by atoms with van der Waals surface area (Å²) in [6.07, 6.45) is -4.35. The number of carbonyl (C=O) groups excluding carboxylic acids is 1. The molecule has 92 valence electrons. The van der Waals surface area contributed by atoms with Gasteiger partial charge < -0.3 is 10.0 Å². The summed E-state index contributed by atoms with van der Waals surface area (Å²) in [5.74, 6) is -4.24. The first-order valence-corrected chi connectivity index (χ1v) is 4.84. The molecule has 1 rings (SSSR count). The van der Waals surface area contributed by atoms with Gasteiger partial charge in [-0.15, -0.1) is 0 Å². The highest BCUT2D eigenvalue weighted by atomic mass is 19.4. The summed E-state index contributed by atoms with van der Waals surface area (Å²) < 4.78 is 37.0. The molecule has 0 amide bonds. The van der Waals surface area contributed by atoms with Crippen molar-refractivity contribution in [1.29, 1.82) is 0 Å². The van der Waals surface area contributed by atoms with Crippen molar-refractivity contribution in [3.63, 3.8) is 0 Å². The second kappa shape index (κ2) is 4.82. The van der Waals surface area contributed by atoms with E-state index in [2.05, 4.69) is 0 Å². The van der Waals surface area contributed by atoms with Crippen LogP contribution in [0.2, 0.25) is 0 Å². The third-order valence-corrected chi connectivity index (χ3v) is 2.55. The van der Waals surface area contributed by atoms with Crippen molar-refractivity contribution < 1.29 is 27.9 Å². The summed E-state index contributed by atoms with van der Waals surface area (Å²) in [5, 5.41) is 8.48. The van der Waals surface area contributed by atoms with Gasteiger partial charge in [0.15, 0.2) is 5.92 Å². The number of hydrogen-bond donors (Lipinski definition) is 1. The monoisotopic (exact) mass is 239 g/mol. The van der Waals surface area contributed by atoms with Crippen molar-refractivity contribution in [3.05, 3.63) is 0 Å². The van der Waals surface area contributed by atoms with Crippen LogP contribution in [0.15, 0.2) is 0 Å². The van der Waals surface area contributed by atoms with Crippen molar-refractivity contribution in [1.82, 2.24) is 4.90 Å². The molecule has 0 radical (unpaired) electrons. The van der Waals surface area contributed by atoms with Crippen molar-refractivity contribution in [2.24, 2.45) is 5.92 Å². The van der Waals surface area contributed by atoms with Gasteiger partial charge in [0, 0.05) is 32.5 Å². The molecule has 0 aromatic heterocycles. The summed E-state index contributed by atoms with van der Waals surface area (Å²) in [7, 11) is 0. The van der Waals surface area contributed by atoms with E-state index in [9.17, 15) is 22.8 Å². The van der Waals surface area contributed by atoms with Gasteiger partial charge in [-0.05, 0) is 0 Å². The predicted molar refractivity (Wildman–Crippen MR) is 47.9 cm³/mol. The van der Waals surface area contributed by atoms with Crippen LogP contribution in [0.25, 0.3) is 0 Å². The Morgan fingerprint density at radius 3 is 2.25 bits per heavy atom. The van der Waals surface area contributed by atoms with E-state index >= 15 is 0 Å². The molecule has 1 N–H and O–H groups in total. The highest BCUT2D eigenvalue weighted by Crippen LogP contribution is 2.27. The smallest absolute Gasteiger partial charge is 0.403 e. The van der Waals surface area contributed by atoms with Gasteiger partial charge in [0.05, 0.1) is 0 Å². The molecule has 1 fully saturated rings. The first-order valence-electron chi connectivity index (χ1n) is 4.84. The lowest BCUT2D eigenvalue weighted by Gasteiger charge is -2.29. The zero-order chi connectivity index (χ0) is 12.3. The lowest BCUT2D eigenvalue weighted by molar-refractivity contribution is -0.196. The molecule has 0 aliphatic carbocycles. The fourth-order valence-corrected chi connectivity index (χ4v) is 1.56. The molecular formula is C9H12F3NO3. The molecule has 1 aliphatic rings. The van der Waals surface area contributed by atoms with Gasteiger partial charge in [0.1, 0.15) is 5.78 Å².